The molecule has 0 aromatic heterocycles. The highest BCUT2D eigenvalue weighted by atomic mass is 16.5. The number of hydrogen-bond acceptors (Lipinski definition) is 3. The summed E-state index contributed by atoms with van der Waals surface area (Å²) in [6, 6.07) is 8.05. The van der Waals surface area contributed by atoms with Crippen LogP contribution in [0.1, 0.15) is 19.4 Å². The molecule has 3 heteroatoms. The van der Waals surface area contributed by atoms with Gasteiger partial charge in [-0.3, -0.25) is 4.99 Å². The van der Waals surface area contributed by atoms with Gasteiger partial charge in [0.05, 0.1) is 6.54 Å². The molecule has 0 atom stereocenters. The smallest absolute Gasteiger partial charge is 0.160 e. The molecule has 1 aromatic carbocycles. The van der Waals surface area contributed by atoms with Crippen LogP contribution >= 0.6 is 0 Å². The highest BCUT2D eigenvalue weighted by Gasteiger charge is 2.29. The second-order valence-electron chi connectivity index (χ2n) is 4.53. The molecule has 1 aliphatic heterocycles. The van der Waals surface area contributed by atoms with E-state index in [-0.39, 0.29) is 5.60 Å². The van der Waals surface area contributed by atoms with Crippen LogP contribution in [0.5, 0.6) is 5.75 Å². The van der Waals surface area contributed by atoms with E-state index in [1.54, 1.807) is 0 Å². The van der Waals surface area contributed by atoms with Crippen molar-refractivity contribution in [1.29, 1.82) is 0 Å². The highest BCUT2D eigenvalue weighted by molar-refractivity contribution is 5.91. The molecule has 0 saturated carbocycles. The Morgan fingerprint density at radius 2 is 2.06 bits per heavy atom. The molecule has 86 valence electrons. The number of amidine groups is 1. The molecular weight excluding hydrogens is 200 g/mol. The van der Waals surface area contributed by atoms with E-state index in [9.17, 15) is 0 Å². The summed E-state index contributed by atoms with van der Waals surface area (Å²) in [5, 5.41) is 3.26. The van der Waals surface area contributed by atoms with Gasteiger partial charge in [0.2, 0.25) is 0 Å². The van der Waals surface area contributed by atoms with Crippen LogP contribution in [0.3, 0.4) is 0 Å². The number of aryl methyl sites for hydroxylation is 1. The number of benzene rings is 1. The number of ether oxygens (including phenoxy) is 1. The Kier molecular flexibility index (Phi) is 2.86. The maximum atomic E-state index is 6.02. The minimum atomic E-state index is -0.386. The predicted octanol–water partition coefficient (Wildman–Crippen LogP) is 2.15. The topological polar surface area (TPSA) is 33.6 Å². The van der Waals surface area contributed by atoms with Crippen LogP contribution in [0.2, 0.25) is 0 Å². The number of hydrogen-bond donors (Lipinski definition) is 1. The van der Waals surface area contributed by atoms with Gasteiger partial charge in [0.15, 0.2) is 5.60 Å². The maximum absolute atomic E-state index is 6.02. The quantitative estimate of drug-likeness (QED) is 0.843. The highest BCUT2D eigenvalue weighted by Crippen LogP contribution is 2.23. The average Bonchev–Trinajstić information content (AvgIpc) is 2.75. The molecule has 1 heterocycles. The van der Waals surface area contributed by atoms with Gasteiger partial charge >= 0.3 is 0 Å². The van der Waals surface area contributed by atoms with Crippen LogP contribution in [0, 0.1) is 6.92 Å². The van der Waals surface area contributed by atoms with Crippen LogP contribution in [-0.4, -0.2) is 24.5 Å². The first-order chi connectivity index (χ1) is 7.59. The fraction of sp³-hybridized carbons (Fsp3) is 0.462. The Hall–Kier alpha value is -1.51. The van der Waals surface area contributed by atoms with E-state index in [0.29, 0.717) is 0 Å². The molecule has 0 radical (unpaired) electrons. The summed E-state index contributed by atoms with van der Waals surface area (Å²) in [5.41, 5.74) is 0.761. The van der Waals surface area contributed by atoms with Crippen LogP contribution in [0.4, 0.5) is 0 Å². The van der Waals surface area contributed by atoms with Gasteiger partial charge in [-0.1, -0.05) is 18.2 Å². The van der Waals surface area contributed by atoms with Crippen molar-refractivity contribution in [2.75, 3.05) is 13.1 Å². The Balaban J connectivity index is 2.17. The summed E-state index contributed by atoms with van der Waals surface area (Å²) in [6.07, 6.45) is 0. The number of aliphatic imine (C=N–C) groups is 1. The Labute approximate surface area is 96.5 Å². The largest absolute Gasteiger partial charge is 0.480 e. The van der Waals surface area contributed by atoms with Gasteiger partial charge in [-0.2, -0.15) is 0 Å². The van der Waals surface area contributed by atoms with Crippen LogP contribution in [-0.2, 0) is 0 Å². The predicted molar refractivity (Wildman–Crippen MR) is 66.2 cm³/mol. The first-order valence-electron chi connectivity index (χ1n) is 5.63. The fourth-order valence-corrected chi connectivity index (χ4v) is 1.80. The zero-order valence-corrected chi connectivity index (χ0v) is 10.1. The van der Waals surface area contributed by atoms with E-state index < -0.39 is 0 Å². The van der Waals surface area contributed by atoms with Crippen molar-refractivity contribution in [1.82, 2.24) is 5.32 Å². The van der Waals surface area contributed by atoms with E-state index in [2.05, 4.69) is 23.3 Å². The summed E-state index contributed by atoms with van der Waals surface area (Å²) in [4.78, 5) is 4.41. The standard InChI is InChI=1S/C13H18N2O/c1-10-6-4-5-7-11(10)16-13(2,3)12-14-8-9-15-12/h4-7H,8-9H2,1-3H3,(H,14,15). The molecule has 1 aromatic rings. The molecule has 1 N–H and O–H groups in total. The minimum absolute atomic E-state index is 0.386. The lowest BCUT2D eigenvalue weighted by Gasteiger charge is -2.27. The molecule has 1 aliphatic rings. The van der Waals surface area contributed by atoms with Crippen LogP contribution < -0.4 is 10.1 Å². The lowest BCUT2D eigenvalue weighted by molar-refractivity contribution is 0.178. The lowest BCUT2D eigenvalue weighted by atomic mass is 10.1. The maximum Gasteiger partial charge on any atom is 0.160 e. The summed E-state index contributed by atoms with van der Waals surface area (Å²) in [5.74, 6) is 1.86. The van der Waals surface area contributed by atoms with E-state index >= 15 is 0 Å². The third kappa shape index (κ3) is 2.18. The van der Waals surface area contributed by atoms with Gasteiger partial charge in [0, 0.05) is 6.54 Å². The number of rotatable bonds is 3. The zero-order chi connectivity index (χ0) is 11.6. The Morgan fingerprint density at radius 1 is 1.31 bits per heavy atom. The molecule has 3 nitrogen and oxygen atoms in total. The summed E-state index contributed by atoms with van der Waals surface area (Å²) < 4.78 is 6.02. The Bertz CT molecular complexity index is 410. The van der Waals surface area contributed by atoms with Gasteiger partial charge in [0.25, 0.3) is 0 Å². The molecule has 0 spiro atoms. The first kappa shape index (κ1) is 11.0. The van der Waals surface area contributed by atoms with Crippen molar-refractivity contribution in [2.24, 2.45) is 4.99 Å². The van der Waals surface area contributed by atoms with Gasteiger partial charge in [-0.15, -0.1) is 0 Å². The molecule has 0 amide bonds. The van der Waals surface area contributed by atoms with E-state index in [4.69, 9.17) is 4.74 Å². The van der Waals surface area contributed by atoms with E-state index in [1.807, 2.05) is 32.0 Å². The SMILES string of the molecule is Cc1ccccc1OC(C)(C)C1=NCCN1. The number of para-hydroxylation sites is 1. The molecular formula is C13H18N2O. The second kappa shape index (κ2) is 4.16. The van der Waals surface area contributed by atoms with Crippen molar-refractivity contribution < 1.29 is 4.74 Å². The number of nitrogens with zero attached hydrogens (tertiary/aromatic N) is 1. The molecule has 0 fully saturated rings. The van der Waals surface area contributed by atoms with E-state index in [1.165, 1.54) is 0 Å². The van der Waals surface area contributed by atoms with Crippen molar-refractivity contribution in [3.8, 4) is 5.75 Å². The molecule has 16 heavy (non-hydrogen) atoms. The monoisotopic (exact) mass is 218 g/mol. The summed E-state index contributed by atoms with van der Waals surface area (Å²) in [6.45, 7) is 7.88. The van der Waals surface area contributed by atoms with Gasteiger partial charge < -0.3 is 10.1 Å². The fourth-order valence-electron chi connectivity index (χ4n) is 1.80. The number of nitrogens with one attached hydrogen (secondary N) is 1. The third-order valence-electron chi connectivity index (χ3n) is 2.70. The summed E-state index contributed by atoms with van der Waals surface area (Å²) >= 11 is 0. The zero-order valence-electron chi connectivity index (χ0n) is 10.1. The van der Waals surface area contributed by atoms with Crippen molar-refractivity contribution in [3.05, 3.63) is 29.8 Å². The third-order valence-corrected chi connectivity index (χ3v) is 2.70. The molecule has 0 saturated heterocycles. The van der Waals surface area contributed by atoms with Crippen LogP contribution in [0.15, 0.2) is 29.3 Å². The van der Waals surface area contributed by atoms with Gasteiger partial charge in [-0.05, 0) is 32.4 Å². The van der Waals surface area contributed by atoms with Crippen molar-refractivity contribution in [2.45, 2.75) is 26.4 Å². The molecule has 0 bridgehead atoms. The lowest BCUT2D eigenvalue weighted by Crippen LogP contribution is -2.44. The van der Waals surface area contributed by atoms with Gasteiger partial charge in [0.1, 0.15) is 11.6 Å². The van der Waals surface area contributed by atoms with Crippen molar-refractivity contribution >= 4 is 5.84 Å². The second-order valence-corrected chi connectivity index (χ2v) is 4.53. The van der Waals surface area contributed by atoms with Crippen molar-refractivity contribution in [3.63, 3.8) is 0 Å². The normalized spacial score (nSPS) is 15.6. The first-order valence-corrected chi connectivity index (χ1v) is 5.63. The van der Waals surface area contributed by atoms with E-state index in [0.717, 1.165) is 30.2 Å². The minimum Gasteiger partial charge on any atom is -0.480 e. The van der Waals surface area contributed by atoms with Crippen LogP contribution in [0.25, 0.3) is 0 Å². The average molecular weight is 218 g/mol. The molecule has 0 unspecified atom stereocenters. The molecule has 2 rings (SSSR count). The summed E-state index contributed by atoms with van der Waals surface area (Å²) in [7, 11) is 0. The van der Waals surface area contributed by atoms with Gasteiger partial charge in [-0.25, -0.2) is 0 Å². The molecule has 0 aliphatic carbocycles. The Morgan fingerprint density at radius 3 is 2.69 bits per heavy atom.